The van der Waals surface area contributed by atoms with Crippen LogP contribution in [-0.2, 0) is 13.1 Å². The van der Waals surface area contributed by atoms with Gasteiger partial charge in [0.15, 0.2) is 0 Å². The molecular formula is C20H23N5. The Labute approximate surface area is 148 Å². The smallest absolute Gasteiger partial charge is 0.138 e. The lowest BCUT2D eigenvalue weighted by molar-refractivity contribution is 0.320. The number of hydrogen-bond acceptors (Lipinski definition) is 4. The first-order valence-corrected chi connectivity index (χ1v) is 8.80. The molecule has 1 unspecified atom stereocenters. The first kappa shape index (κ1) is 16.0. The highest BCUT2D eigenvalue weighted by Crippen LogP contribution is 2.14. The van der Waals surface area contributed by atoms with E-state index in [4.69, 9.17) is 0 Å². The van der Waals surface area contributed by atoms with E-state index in [-0.39, 0.29) is 0 Å². The van der Waals surface area contributed by atoms with Crippen LogP contribution in [0.25, 0.3) is 5.69 Å². The average molecular weight is 333 g/mol. The third-order valence-corrected chi connectivity index (χ3v) is 4.74. The summed E-state index contributed by atoms with van der Waals surface area (Å²) in [7, 11) is 0. The molecule has 3 aromatic rings. The minimum absolute atomic E-state index is 0.568. The molecule has 1 aromatic heterocycles. The number of aromatic nitrogens is 3. The zero-order chi connectivity index (χ0) is 16.9. The number of rotatable bonds is 6. The predicted molar refractivity (Wildman–Crippen MR) is 98.3 cm³/mol. The Balaban J connectivity index is 1.26. The summed E-state index contributed by atoms with van der Waals surface area (Å²) in [5.41, 5.74) is 3.73. The zero-order valence-corrected chi connectivity index (χ0v) is 14.3. The highest BCUT2D eigenvalue weighted by atomic mass is 15.3. The monoisotopic (exact) mass is 333 g/mol. The molecule has 1 fully saturated rings. The molecule has 1 N–H and O–H groups in total. The lowest BCUT2D eigenvalue weighted by Crippen LogP contribution is -2.31. The molecule has 25 heavy (non-hydrogen) atoms. The Morgan fingerprint density at radius 1 is 1.00 bits per heavy atom. The van der Waals surface area contributed by atoms with Gasteiger partial charge >= 0.3 is 0 Å². The third kappa shape index (κ3) is 4.13. The van der Waals surface area contributed by atoms with Crippen molar-refractivity contribution in [3.63, 3.8) is 0 Å². The van der Waals surface area contributed by atoms with Crippen molar-refractivity contribution < 1.29 is 0 Å². The van der Waals surface area contributed by atoms with Crippen LogP contribution in [-0.4, -0.2) is 38.8 Å². The first-order valence-electron chi connectivity index (χ1n) is 8.80. The van der Waals surface area contributed by atoms with Crippen molar-refractivity contribution in [1.82, 2.24) is 25.0 Å². The lowest BCUT2D eigenvalue weighted by atomic mass is 10.2. The van der Waals surface area contributed by atoms with E-state index in [1.807, 2.05) is 0 Å². The second-order valence-corrected chi connectivity index (χ2v) is 6.59. The highest BCUT2D eigenvalue weighted by molar-refractivity contribution is 5.33. The van der Waals surface area contributed by atoms with Gasteiger partial charge in [-0.3, -0.25) is 4.90 Å². The van der Waals surface area contributed by atoms with Crippen LogP contribution in [0.5, 0.6) is 0 Å². The fraction of sp³-hybridized carbons (Fsp3) is 0.300. The van der Waals surface area contributed by atoms with Crippen molar-refractivity contribution in [1.29, 1.82) is 0 Å². The molecule has 1 atom stereocenters. The summed E-state index contributed by atoms with van der Waals surface area (Å²) in [5.74, 6) is 0. The van der Waals surface area contributed by atoms with Crippen LogP contribution in [0, 0.1) is 0 Å². The molecule has 1 saturated heterocycles. The molecule has 0 radical (unpaired) electrons. The van der Waals surface area contributed by atoms with Gasteiger partial charge in [0.2, 0.25) is 0 Å². The number of nitrogens with zero attached hydrogens (tertiary/aromatic N) is 4. The molecule has 0 amide bonds. The summed E-state index contributed by atoms with van der Waals surface area (Å²) in [6.07, 6.45) is 4.48. The first-order chi connectivity index (χ1) is 12.4. The molecule has 1 aliphatic heterocycles. The predicted octanol–water partition coefficient (Wildman–Crippen LogP) is 2.63. The van der Waals surface area contributed by atoms with Gasteiger partial charge in [-0.25, -0.2) is 9.67 Å². The van der Waals surface area contributed by atoms with Gasteiger partial charge in [0.05, 0.1) is 5.69 Å². The lowest BCUT2D eigenvalue weighted by Gasteiger charge is -2.17. The fourth-order valence-corrected chi connectivity index (χ4v) is 3.35. The van der Waals surface area contributed by atoms with E-state index in [1.165, 1.54) is 17.5 Å². The number of likely N-dealkylation sites (tertiary alicyclic amines) is 1. The molecule has 0 saturated carbocycles. The molecule has 2 aromatic carbocycles. The van der Waals surface area contributed by atoms with Crippen molar-refractivity contribution in [2.45, 2.75) is 25.6 Å². The molecule has 0 bridgehead atoms. The third-order valence-electron chi connectivity index (χ3n) is 4.74. The van der Waals surface area contributed by atoms with E-state index in [9.17, 15) is 0 Å². The van der Waals surface area contributed by atoms with Crippen molar-refractivity contribution in [2.75, 3.05) is 13.1 Å². The number of hydrogen-bond donors (Lipinski definition) is 1. The van der Waals surface area contributed by atoms with Crippen LogP contribution in [0.2, 0.25) is 0 Å². The maximum Gasteiger partial charge on any atom is 0.138 e. The van der Waals surface area contributed by atoms with Crippen LogP contribution in [0.4, 0.5) is 0 Å². The van der Waals surface area contributed by atoms with E-state index in [0.29, 0.717) is 6.04 Å². The Morgan fingerprint density at radius 2 is 1.84 bits per heavy atom. The summed E-state index contributed by atoms with van der Waals surface area (Å²) in [6.45, 7) is 4.23. The maximum atomic E-state index is 4.15. The maximum absolute atomic E-state index is 4.15. The quantitative estimate of drug-likeness (QED) is 0.753. The number of benzene rings is 2. The van der Waals surface area contributed by atoms with E-state index >= 15 is 0 Å². The van der Waals surface area contributed by atoms with E-state index in [2.05, 4.69) is 74.9 Å². The fourth-order valence-electron chi connectivity index (χ4n) is 3.35. The normalized spacial score (nSPS) is 17.8. The Bertz CT molecular complexity index is 768. The summed E-state index contributed by atoms with van der Waals surface area (Å²) in [4.78, 5) is 6.51. The van der Waals surface area contributed by atoms with Crippen molar-refractivity contribution in [3.05, 3.63) is 78.4 Å². The molecule has 0 aliphatic carbocycles. The van der Waals surface area contributed by atoms with Gasteiger partial charge in [-0.15, -0.1) is 0 Å². The van der Waals surface area contributed by atoms with Crippen LogP contribution in [0.3, 0.4) is 0 Å². The van der Waals surface area contributed by atoms with E-state index in [0.717, 1.165) is 31.9 Å². The zero-order valence-electron chi connectivity index (χ0n) is 14.3. The largest absolute Gasteiger partial charge is 0.309 e. The molecule has 5 heteroatoms. The standard InChI is InChI=1S/C20H23N5/c1-2-4-18(5-3-1)13-24-11-10-19(14-24)22-12-17-6-8-20(9-7-17)25-16-21-15-23-25/h1-9,15-16,19,22H,10-14H2. The van der Waals surface area contributed by atoms with Gasteiger partial charge in [-0.05, 0) is 29.7 Å². The van der Waals surface area contributed by atoms with Gasteiger partial charge in [-0.2, -0.15) is 5.10 Å². The summed E-state index contributed by atoms with van der Waals surface area (Å²) in [5, 5.41) is 7.84. The molecule has 128 valence electrons. The van der Waals surface area contributed by atoms with Crippen molar-refractivity contribution in [3.8, 4) is 5.69 Å². The van der Waals surface area contributed by atoms with Crippen LogP contribution < -0.4 is 5.32 Å². The van der Waals surface area contributed by atoms with Crippen LogP contribution in [0.15, 0.2) is 67.3 Å². The molecule has 0 spiro atoms. The summed E-state index contributed by atoms with van der Waals surface area (Å²) < 4.78 is 1.77. The highest BCUT2D eigenvalue weighted by Gasteiger charge is 2.21. The van der Waals surface area contributed by atoms with Gasteiger partial charge in [0.25, 0.3) is 0 Å². The molecule has 1 aliphatic rings. The van der Waals surface area contributed by atoms with E-state index < -0.39 is 0 Å². The van der Waals surface area contributed by atoms with Gasteiger partial charge in [0, 0.05) is 32.2 Å². The minimum Gasteiger partial charge on any atom is -0.309 e. The topological polar surface area (TPSA) is 46.0 Å². The van der Waals surface area contributed by atoms with Crippen molar-refractivity contribution >= 4 is 0 Å². The molecule has 4 rings (SSSR count). The van der Waals surface area contributed by atoms with E-state index in [1.54, 1.807) is 17.3 Å². The Hall–Kier alpha value is -2.50. The summed E-state index contributed by atoms with van der Waals surface area (Å²) in [6, 6.07) is 19.8. The van der Waals surface area contributed by atoms with Gasteiger partial charge < -0.3 is 5.32 Å². The van der Waals surface area contributed by atoms with Crippen molar-refractivity contribution in [2.24, 2.45) is 0 Å². The second-order valence-electron chi connectivity index (χ2n) is 6.59. The molecular weight excluding hydrogens is 310 g/mol. The SMILES string of the molecule is c1ccc(CN2CCC(NCc3ccc(-n4cncn4)cc3)C2)cc1. The van der Waals surface area contributed by atoms with Crippen LogP contribution >= 0.6 is 0 Å². The molecule has 5 nitrogen and oxygen atoms in total. The Kier molecular flexibility index (Phi) is 4.86. The van der Waals surface area contributed by atoms with Gasteiger partial charge in [-0.1, -0.05) is 42.5 Å². The average Bonchev–Trinajstić information content (AvgIpc) is 3.33. The van der Waals surface area contributed by atoms with Gasteiger partial charge in [0.1, 0.15) is 12.7 Å². The second kappa shape index (κ2) is 7.59. The van der Waals surface area contributed by atoms with Crippen LogP contribution in [0.1, 0.15) is 17.5 Å². The minimum atomic E-state index is 0.568. The number of nitrogens with one attached hydrogen (secondary N) is 1. The molecule has 2 heterocycles. The Morgan fingerprint density at radius 3 is 2.60 bits per heavy atom. The summed E-state index contributed by atoms with van der Waals surface area (Å²) >= 11 is 0.